The van der Waals surface area contributed by atoms with Gasteiger partial charge in [0.25, 0.3) is 0 Å². The van der Waals surface area contributed by atoms with E-state index in [4.69, 9.17) is 0 Å². The van der Waals surface area contributed by atoms with Crippen LogP contribution < -0.4 is 10.6 Å². The summed E-state index contributed by atoms with van der Waals surface area (Å²) >= 11 is 0. The Bertz CT molecular complexity index is 1220. The molecule has 0 aliphatic heterocycles. The number of hydrogen-bond donors (Lipinski definition) is 2. The van der Waals surface area contributed by atoms with Gasteiger partial charge >= 0.3 is 12.2 Å². The Balaban J connectivity index is 1.39. The summed E-state index contributed by atoms with van der Waals surface area (Å²) in [5.74, 6) is 0.745. The molecule has 3 heterocycles. The first kappa shape index (κ1) is 21.3. The summed E-state index contributed by atoms with van der Waals surface area (Å²) in [5.41, 5.74) is 1.64. The fourth-order valence-electron chi connectivity index (χ4n) is 3.28. The van der Waals surface area contributed by atoms with E-state index in [1.165, 1.54) is 12.1 Å². The lowest BCUT2D eigenvalue weighted by Crippen LogP contribution is -2.30. The van der Waals surface area contributed by atoms with Gasteiger partial charge in [0.1, 0.15) is 11.3 Å². The van der Waals surface area contributed by atoms with E-state index in [1.54, 1.807) is 18.6 Å². The maximum Gasteiger partial charge on any atom is 0.416 e. The number of carbonyl (C=O) groups excluding carboxylic acids is 1. The Morgan fingerprint density at radius 2 is 1.84 bits per heavy atom. The van der Waals surface area contributed by atoms with Crippen molar-refractivity contribution in [3.05, 3.63) is 72.7 Å². The largest absolute Gasteiger partial charge is 0.416 e. The fraction of sp³-hybridized carbons (Fsp3) is 0.182. The molecule has 4 rings (SSSR count). The number of aryl methyl sites for hydroxylation is 1. The number of rotatable bonds is 6. The number of amides is 2. The average Bonchev–Trinajstić information content (AvgIpc) is 3.15. The summed E-state index contributed by atoms with van der Waals surface area (Å²) in [6.07, 6.45) is 1.16. The van der Waals surface area contributed by atoms with E-state index < -0.39 is 17.8 Å². The van der Waals surface area contributed by atoms with E-state index in [9.17, 15) is 18.0 Å². The number of carbonyl (C=O) groups is 1. The Kier molecular flexibility index (Phi) is 6.02. The van der Waals surface area contributed by atoms with Crippen LogP contribution in [0.5, 0.6) is 0 Å². The van der Waals surface area contributed by atoms with Gasteiger partial charge in [-0.3, -0.25) is 4.98 Å². The van der Waals surface area contributed by atoms with Crippen LogP contribution in [0.15, 0.2) is 67.1 Å². The van der Waals surface area contributed by atoms with Crippen LogP contribution in [0.4, 0.5) is 23.7 Å². The molecule has 0 radical (unpaired) electrons. The van der Waals surface area contributed by atoms with Gasteiger partial charge in [0, 0.05) is 42.9 Å². The molecule has 0 saturated carbocycles. The third-order valence-electron chi connectivity index (χ3n) is 4.73. The monoisotopic (exact) mass is 440 g/mol. The third-order valence-corrected chi connectivity index (χ3v) is 4.73. The minimum Gasteiger partial charge on any atom is -0.338 e. The molecule has 0 aliphatic rings. The lowest BCUT2D eigenvalue weighted by atomic mass is 10.2. The van der Waals surface area contributed by atoms with Crippen LogP contribution in [-0.4, -0.2) is 32.1 Å². The first-order chi connectivity index (χ1) is 15.4. The lowest BCUT2D eigenvalue weighted by Gasteiger charge is -2.12. The van der Waals surface area contributed by atoms with Crippen LogP contribution in [0, 0.1) is 0 Å². The van der Waals surface area contributed by atoms with Crippen LogP contribution in [0.25, 0.3) is 22.6 Å². The van der Waals surface area contributed by atoms with Crippen molar-refractivity contribution in [3.63, 3.8) is 0 Å². The first-order valence-electron chi connectivity index (χ1n) is 9.85. The molecule has 0 atom stereocenters. The van der Waals surface area contributed by atoms with Crippen LogP contribution in [0.3, 0.4) is 0 Å². The minimum atomic E-state index is -4.47. The highest BCUT2D eigenvalue weighted by Gasteiger charge is 2.30. The SMILES string of the molecule is O=C(NCCCn1c(-c2ccncc2)nc2cccnc21)Nc1cccc(C(F)(F)F)c1. The van der Waals surface area contributed by atoms with E-state index >= 15 is 0 Å². The molecule has 32 heavy (non-hydrogen) atoms. The number of nitrogens with zero attached hydrogens (tertiary/aromatic N) is 4. The molecule has 7 nitrogen and oxygen atoms in total. The number of imidazole rings is 1. The summed E-state index contributed by atoms with van der Waals surface area (Å²) in [6, 6.07) is 11.3. The standard InChI is InChI=1S/C22H19F3N6O/c23-22(24,25)16-4-1-5-17(14-16)29-21(32)28-10-3-13-31-19(15-7-11-26-12-8-15)30-18-6-2-9-27-20(18)31/h1-2,4-9,11-12,14H,3,10,13H2,(H2,28,29,32). The number of benzene rings is 1. The van der Waals surface area contributed by atoms with Gasteiger partial charge in [-0.1, -0.05) is 6.07 Å². The van der Waals surface area contributed by atoms with Crippen molar-refractivity contribution in [3.8, 4) is 11.4 Å². The Hall–Kier alpha value is -3.95. The zero-order chi connectivity index (χ0) is 22.6. The number of halogens is 3. The Labute approximate surface area is 181 Å². The Morgan fingerprint density at radius 3 is 2.62 bits per heavy atom. The number of hydrogen-bond acceptors (Lipinski definition) is 4. The van der Waals surface area contributed by atoms with Gasteiger partial charge in [-0.05, 0) is 48.9 Å². The molecule has 0 bridgehead atoms. The fourth-order valence-corrected chi connectivity index (χ4v) is 3.28. The molecule has 0 unspecified atom stereocenters. The molecular weight excluding hydrogens is 421 g/mol. The topological polar surface area (TPSA) is 84.7 Å². The quantitative estimate of drug-likeness (QED) is 0.425. The molecular formula is C22H19F3N6O. The summed E-state index contributed by atoms with van der Waals surface area (Å²) in [6.45, 7) is 0.849. The number of pyridine rings is 2. The van der Waals surface area contributed by atoms with Crippen LogP contribution in [-0.2, 0) is 12.7 Å². The van der Waals surface area contributed by atoms with Crippen molar-refractivity contribution >= 4 is 22.9 Å². The van der Waals surface area contributed by atoms with Crippen LogP contribution >= 0.6 is 0 Å². The molecule has 0 aliphatic carbocycles. The van der Waals surface area contributed by atoms with E-state index in [1.807, 2.05) is 28.8 Å². The van der Waals surface area contributed by atoms with Crippen molar-refractivity contribution in [1.29, 1.82) is 0 Å². The van der Waals surface area contributed by atoms with Crippen LogP contribution in [0.1, 0.15) is 12.0 Å². The maximum absolute atomic E-state index is 12.8. The first-order valence-corrected chi connectivity index (χ1v) is 9.85. The smallest absolute Gasteiger partial charge is 0.338 e. The number of urea groups is 1. The summed E-state index contributed by atoms with van der Waals surface area (Å²) in [4.78, 5) is 25.2. The number of aromatic nitrogens is 4. The number of fused-ring (bicyclic) bond motifs is 1. The van der Waals surface area contributed by atoms with E-state index in [-0.39, 0.29) is 5.69 Å². The molecule has 4 aromatic rings. The van der Waals surface area contributed by atoms with Gasteiger partial charge in [-0.15, -0.1) is 0 Å². The Morgan fingerprint density at radius 1 is 1.03 bits per heavy atom. The van der Waals surface area contributed by atoms with Crippen molar-refractivity contribution in [2.45, 2.75) is 19.1 Å². The second-order valence-electron chi connectivity index (χ2n) is 6.98. The van der Waals surface area contributed by atoms with E-state index in [2.05, 4.69) is 25.6 Å². The number of anilines is 1. The third kappa shape index (κ3) is 4.85. The molecule has 2 N–H and O–H groups in total. The predicted octanol–water partition coefficient (Wildman–Crippen LogP) is 4.72. The second kappa shape index (κ2) is 9.04. The van der Waals surface area contributed by atoms with Gasteiger partial charge in [0.15, 0.2) is 5.65 Å². The van der Waals surface area contributed by atoms with Gasteiger partial charge in [-0.25, -0.2) is 14.8 Å². The minimum absolute atomic E-state index is 0.0714. The molecule has 10 heteroatoms. The van der Waals surface area contributed by atoms with Gasteiger partial charge in [0.2, 0.25) is 0 Å². The molecule has 164 valence electrons. The highest BCUT2D eigenvalue weighted by atomic mass is 19.4. The van der Waals surface area contributed by atoms with Gasteiger partial charge < -0.3 is 15.2 Å². The van der Waals surface area contributed by atoms with E-state index in [0.29, 0.717) is 19.5 Å². The molecule has 0 spiro atoms. The molecule has 0 fully saturated rings. The molecule has 3 aromatic heterocycles. The van der Waals surface area contributed by atoms with Crippen molar-refractivity contribution in [2.24, 2.45) is 0 Å². The molecule has 1 aromatic carbocycles. The van der Waals surface area contributed by atoms with Crippen LogP contribution in [0.2, 0.25) is 0 Å². The number of alkyl halides is 3. The normalized spacial score (nSPS) is 11.5. The van der Waals surface area contributed by atoms with Gasteiger partial charge in [-0.2, -0.15) is 13.2 Å². The molecule has 0 saturated heterocycles. The maximum atomic E-state index is 12.8. The number of nitrogens with one attached hydrogen (secondary N) is 2. The van der Waals surface area contributed by atoms with Crippen molar-refractivity contribution in [2.75, 3.05) is 11.9 Å². The van der Waals surface area contributed by atoms with Crippen molar-refractivity contribution < 1.29 is 18.0 Å². The average molecular weight is 440 g/mol. The summed E-state index contributed by atoms with van der Waals surface area (Å²) in [7, 11) is 0. The highest BCUT2D eigenvalue weighted by molar-refractivity contribution is 5.89. The lowest BCUT2D eigenvalue weighted by molar-refractivity contribution is -0.137. The predicted molar refractivity (Wildman–Crippen MR) is 114 cm³/mol. The highest BCUT2D eigenvalue weighted by Crippen LogP contribution is 2.30. The van der Waals surface area contributed by atoms with Crippen molar-refractivity contribution in [1.82, 2.24) is 24.8 Å². The van der Waals surface area contributed by atoms with E-state index in [0.717, 1.165) is 34.7 Å². The zero-order valence-electron chi connectivity index (χ0n) is 16.8. The summed E-state index contributed by atoms with van der Waals surface area (Å²) < 4.78 is 40.4. The zero-order valence-corrected chi connectivity index (χ0v) is 16.8. The second-order valence-corrected chi connectivity index (χ2v) is 6.98. The van der Waals surface area contributed by atoms with Gasteiger partial charge in [0.05, 0.1) is 5.56 Å². The molecule has 2 amide bonds. The summed E-state index contributed by atoms with van der Waals surface area (Å²) in [5, 5.41) is 5.09.